The number of hydrogen-bond donors (Lipinski definition) is 0. The zero-order valence-electron chi connectivity index (χ0n) is 18.4. The van der Waals surface area contributed by atoms with Gasteiger partial charge in [0, 0.05) is 5.41 Å². The predicted molar refractivity (Wildman–Crippen MR) is 115 cm³/mol. The lowest BCUT2D eigenvalue weighted by Crippen LogP contribution is -2.49. The molecule has 0 bridgehead atoms. The van der Waals surface area contributed by atoms with Gasteiger partial charge in [-0.25, -0.2) is 0 Å². The van der Waals surface area contributed by atoms with Crippen LogP contribution in [0.3, 0.4) is 0 Å². The summed E-state index contributed by atoms with van der Waals surface area (Å²) in [4.78, 5) is 0. The largest absolute Gasteiger partial charge is 0.407 e. The number of hydrogen-bond acceptors (Lipinski definition) is 2. The van der Waals surface area contributed by atoms with Crippen molar-refractivity contribution in [2.75, 3.05) is 0 Å². The third kappa shape index (κ3) is 2.71. The Bertz CT molecular complexity index is 641. The van der Waals surface area contributed by atoms with Crippen LogP contribution >= 0.6 is 0 Å². The van der Waals surface area contributed by atoms with Crippen LogP contribution in [-0.2, 0) is 9.16 Å². The Labute approximate surface area is 167 Å². The van der Waals surface area contributed by atoms with E-state index in [2.05, 4.69) is 59.8 Å². The van der Waals surface area contributed by atoms with E-state index in [1.165, 1.54) is 43.0 Å². The summed E-state index contributed by atoms with van der Waals surface area (Å²) in [5.74, 6) is 1.49. The van der Waals surface area contributed by atoms with Crippen LogP contribution in [0.15, 0.2) is 23.8 Å². The molecule has 2 fully saturated rings. The highest BCUT2D eigenvalue weighted by Crippen LogP contribution is 2.70. The van der Waals surface area contributed by atoms with Gasteiger partial charge in [0.05, 0.1) is 11.7 Å². The van der Waals surface area contributed by atoms with Gasteiger partial charge in [0.25, 0.3) is 0 Å². The Morgan fingerprint density at radius 3 is 2.48 bits per heavy atom. The van der Waals surface area contributed by atoms with Crippen molar-refractivity contribution < 1.29 is 9.16 Å². The van der Waals surface area contributed by atoms with Crippen LogP contribution in [0.1, 0.15) is 73.6 Å². The first-order valence-corrected chi connectivity index (χ1v) is 14.1. The second-order valence-electron chi connectivity index (χ2n) is 10.3. The fourth-order valence-electron chi connectivity index (χ4n) is 6.89. The van der Waals surface area contributed by atoms with Gasteiger partial charge in [0.15, 0.2) is 8.32 Å². The molecule has 0 aromatic carbocycles. The molecule has 4 rings (SSSR count). The van der Waals surface area contributed by atoms with Crippen molar-refractivity contribution in [3.05, 3.63) is 23.8 Å². The van der Waals surface area contributed by atoms with Crippen LogP contribution in [0, 0.1) is 17.3 Å². The van der Waals surface area contributed by atoms with E-state index in [4.69, 9.17) is 9.16 Å². The Hall–Kier alpha value is -0.383. The molecule has 2 nitrogen and oxygen atoms in total. The molecule has 0 aromatic rings. The second kappa shape index (κ2) is 6.57. The van der Waals surface area contributed by atoms with E-state index in [9.17, 15) is 0 Å². The maximum Gasteiger partial charge on any atom is 0.193 e. The summed E-state index contributed by atoms with van der Waals surface area (Å²) in [6.45, 7) is 14.4. The predicted octanol–water partition coefficient (Wildman–Crippen LogP) is 6.64. The summed E-state index contributed by atoms with van der Waals surface area (Å²) in [6.07, 6.45) is 13.7. The first-order chi connectivity index (χ1) is 12.8. The highest BCUT2D eigenvalue weighted by molar-refractivity contribution is 6.73. The average molecular weight is 389 g/mol. The summed E-state index contributed by atoms with van der Waals surface area (Å²) in [5, 5.41) is 0. The second-order valence-corrected chi connectivity index (χ2v) is 15.0. The molecule has 0 unspecified atom stereocenters. The quantitative estimate of drug-likeness (QED) is 0.376. The van der Waals surface area contributed by atoms with E-state index in [0.29, 0.717) is 6.10 Å². The van der Waals surface area contributed by atoms with Crippen molar-refractivity contribution >= 4 is 8.32 Å². The molecule has 1 heterocycles. The van der Waals surface area contributed by atoms with Gasteiger partial charge in [-0.1, -0.05) is 53.7 Å². The molecule has 0 radical (unpaired) electrons. The number of allylic oxidation sites excluding steroid dienone is 1. The van der Waals surface area contributed by atoms with Gasteiger partial charge < -0.3 is 9.16 Å². The highest BCUT2D eigenvalue weighted by atomic mass is 28.4. The molecule has 0 aromatic heterocycles. The summed E-state index contributed by atoms with van der Waals surface area (Å²) in [5.41, 5.74) is 1.65. The van der Waals surface area contributed by atoms with Crippen LogP contribution in [-0.4, -0.2) is 25.6 Å². The first-order valence-electron chi connectivity index (χ1n) is 11.6. The van der Waals surface area contributed by atoms with Crippen LogP contribution in [0.5, 0.6) is 0 Å². The monoisotopic (exact) mass is 388 g/mol. The van der Waals surface area contributed by atoms with Crippen LogP contribution in [0.25, 0.3) is 0 Å². The zero-order valence-corrected chi connectivity index (χ0v) is 19.4. The minimum absolute atomic E-state index is 0.0150. The molecule has 1 saturated heterocycles. The fourth-order valence-corrected chi connectivity index (χ4v) is 9.98. The van der Waals surface area contributed by atoms with Gasteiger partial charge in [0.2, 0.25) is 0 Å². The van der Waals surface area contributed by atoms with Crippen LogP contribution in [0.2, 0.25) is 18.1 Å². The Kier molecular flexibility index (Phi) is 4.84. The highest BCUT2D eigenvalue weighted by Gasteiger charge is 2.74. The van der Waals surface area contributed by atoms with Crippen LogP contribution < -0.4 is 0 Å². The van der Waals surface area contributed by atoms with E-state index in [1.54, 1.807) is 0 Å². The smallest absolute Gasteiger partial charge is 0.193 e. The van der Waals surface area contributed by atoms with Gasteiger partial charge in [-0.3, -0.25) is 0 Å². The SMILES string of the molecule is CC[Si](CC)(CC)O[C@@]12CCC=CC1=C[C@]13O[C@H]1C[C@H](C(C)C)[C@@]3(C)CC2. The van der Waals surface area contributed by atoms with Gasteiger partial charge in [-0.15, -0.1) is 0 Å². The molecule has 0 amide bonds. The van der Waals surface area contributed by atoms with Gasteiger partial charge in [-0.05, 0) is 73.7 Å². The minimum Gasteiger partial charge on any atom is -0.407 e. The molecule has 27 heavy (non-hydrogen) atoms. The van der Waals surface area contributed by atoms with E-state index >= 15 is 0 Å². The molecule has 5 atom stereocenters. The van der Waals surface area contributed by atoms with E-state index in [-0.39, 0.29) is 16.6 Å². The van der Waals surface area contributed by atoms with Crippen molar-refractivity contribution in [2.45, 2.75) is 109 Å². The third-order valence-electron chi connectivity index (χ3n) is 9.04. The molecular weight excluding hydrogens is 348 g/mol. The lowest BCUT2D eigenvalue weighted by Gasteiger charge is -2.45. The van der Waals surface area contributed by atoms with E-state index < -0.39 is 8.32 Å². The molecule has 0 N–H and O–H groups in total. The van der Waals surface area contributed by atoms with Gasteiger partial charge >= 0.3 is 0 Å². The topological polar surface area (TPSA) is 21.8 Å². The van der Waals surface area contributed by atoms with E-state index in [1.807, 2.05) is 0 Å². The lowest BCUT2D eigenvalue weighted by atomic mass is 9.66. The summed E-state index contributed by atoms with van der Waals surface area (Å²) in [7, 11) is -1.67. The average Bonchev–Trinajstić information content (AvgIpc) is 3.34. The molecule has 3 heteroatoms. The summed E-state index contributed by atoms with van der Waals surface area (Å²) >= 11 is 0. The standard InChI is InChI=1S/C24H40O2Si/c1-7-27(8-2,9-3)26-23-13-11-10-12-19(23)17-24-21(25-24)16-20(18(4)5)22(24,6)14-15-23/h10,12,17-18,20-21H,7-9,11,13-16H2,1-6H3/t20-,21+,22-,23-,24+/m1/s1. The number of rotatable bonds is 6. The molecule has 3 aliphatic carbocycles. The Morgan fingerprint density at radius 2 is 1.85 bits per heavy atom. The number of epoxide rings is 1. The summed E-state index contributed by atoms with van der Waals surface area (Å²) < 4.78 is 13.8. The van der Waals surface area contributed by atoms with Crippen molar-refractivity contribution in [2.24, 2.45) is 17.3 Å². The fraction of sp³-hybridized carbons (Fsp3) is 0.833. The Balaban J connectivity index is 1.75. The maximum absolute atomic E-state index is 7.33. The molecular formula is C24H40O2Si. The Morgan fingerprint density at radius 1 is 1.15 bits per heavy atom. The minimum atomic E-state index is -1.67. The zero-order chi connectivity index (χ0) is 19.5. The van der Waals surface area contributed by atoms with Crippen molar-refractivity contribution in [3.8, 4) is 0 Å². The first kappa shape index (κ1) is 19.9. The molecule has 4 aliphatic rings. The normalized spacial score (nSPS) is 43.0. The number of fused-ring (bicyclic) bond motifs is 1. The molecule has 152 valence electrons. The van der Waals surface area contributed by atoms with Crippen molar-refractivity contribution in [1.82, 2.24) is 0 Å². The van der Waals surface area contributed by atoms with E-state index in [0.717, 1.165) is 24.7 Å². The lowest BCUT2D eigenvalue weighted by molar-refractivity contribution is 0.0162. The number of ether oxygens (including phenoxy) is 1. The van der Waals surface area contributed by atoms with Crippen LogP contribution in [0.4, 0.5) is 0 Å². The van der Waals surface area contributed by atoms with Crippen molar-refractivity contribution in [3.63, 3.8) is 0 Å². The van der Waals surface area contributed by atoms with Gasteiger partial charge in [0.1, 0.15) is 5.60 Å². The van der Waals surface area contributed by atoms with Gasteiger partial charge in [-0.2, -0.15) is 0 Å². The maximum atomic E-state index is 7.33. The molecule has 1 spiro atoms. The third-order valence-corrected chi connectivity index (χ3v) is 13.7. The summed E-state index contributed by atoms with van der Waals surface area (Å²) in [6, 6.07) is 3.69. The molecule has 1 aliphatic heterocycles. The molecule has 1 saturated carbocycles. The van der Waals surface area contributed by atoms with Crippen molar-refractivity contribution in [1.29, 1.82) is 0 Å².